The van der Waals surface area contributed by atoms with Crippen LogP contribution in [0.15, 0.2) is 66.9 Å². The molecule has 4 aromatic rings. The highest BCUT2D eigenvalue weighted by atomic mass is 35.5. The lowest BCUT2D eigenvalue weighted by molar-refractivity contribution is -0.659. The highest BCUT2D eigenvalue weighted by Gasteiger charge is 2.15. The van der Waals surface area contributed by atoms with E-state index < -0.39 is 0 Å². The van der Waals surface area contributed by atoms with Gasteiger partial charge in [-0.05, 0) is 40.4 Å². The van der Waals surface area contributed by atoms with Crippen LogP contribution in [0, 0.1) is 0 Å². The average Bonchev–Trinajstić information content (AvgIpc) is 2.66. The minimum Gasteiger partial charge on any atom is -1.00 e. The van der Waals surface area contributed by atoms with Gasteiger partial charge in [-0.25, -0.2) is 4.57 Å². The van der Waals surface area contributed by atoms with Crippen LogP contribution in [0.25, 0.3) is 32.8 Å². The zero-order valence-electron chi connectivity index (χ0n) is 15.0. The Morgan fingerprint density at radius 1 is 0.692 bits per heavy atom. The van der Waals surface area contributed by atoms with Gasteiger partial charge in [0.15, 0.2) is 17.7 Å². The minimum absolute atomic E-state index is 0. The molecule has 0 saturated carbocycles. The van der Waals surface area contributed by atoms with Crippen molar-refractivity contribution in [3.8, 4) is 22.8 Å². The number of aromatic nitrogens is 1. The molecule has 0 fully saturated rings. The molecule has 0 amide bonds. The summed E-state index contributed by atoms with van der Waals surface area (Å²) in [4.78, 5) is 0. The Balaban J connectivity index is 0.00000196. The van der Waals surface area contributed by atoms with Gasteiger partial charge < -0.3 is 21.9 Å². The van der Waals surface area contributed by atoms with Crippen molar-refractivity contribution in [2.75, 3.05) is 14.2 Å². The number of hydrogen-bond acceptors (Lipinski definition) is 2. The fourth-order valence-corrected chi connectivity index (χ4v) is 3.31. The quantitative estimate of drug-likeness (QED) is 0.513. The third kappa shape index (κ3) is 3.06. The Labute approximate surface area is 159 Å². The Hall–Kier alpha value is -2.78. The number of benzene rings is 3. The lowest BCUT2D eigenvalue weighted by Gasteiger charge is -2.10. The highest BCUT2D eigenvalue weighted by Crippen LogP contribution is 2.33. The van der Waals surface area contributed by atoms with Crippen LogP contribution in [0.2, 0.25) is 0 Å². The topological polar surface area (TPSA) is 22.3 Å². The molecule has 0 saturated heterocycles. The van der Waals surface area contributed by atoms with Crippen LogP contribution in [0.1, 0.15) is 0 Å². The number of rotatable bonds is 3. The Bertz CT molecular complexity index is 1090. The molecule has 0 aliphatic heterocycles. The summed E-state index contributed by atoms with van der Waals surface area (Å²) in [6.45, 7) is 0. The smallest absolute Gasteiger partial charge is 0.212 e. The standard InChI is InChI=1S/C22H20NO2.ClH/c1-23-14-19-13-22(25-3)21(24-2)12-18(19)11-20(23)17-9-8-15-6-4-5-7-16(15)10-17;/h4-14H,1-3H3;1H/q+1;/p-1. The van der Waals surface area contributed by atoms with E-state index in [9.17, 15) is 0 Å². The van der Waals surface area contributed by atoms with Crippen LogP contribution >= 0.6 is 0 Å². The largest absolute Gasteiger partial charge is 1.00 e. The van der Waals surface area contributed by atoms with E-state index in [1.165, 1.54) is 16.3 Å². The number of methoxy groups -OCH3 is 2. The lowest BCUT2D eigenvalue weighted by Crippen LogP contribution is -3.00. The van der Waals surface area contributed by atoms with Crippen molar-refractivity contribution in [1.29, 1.82) is 0 Å². The number of nitrogens with zero attached hydrogens (tertiary/aromatic N) is 1. The molecular formula is C22H20ClNO2. The summed E-state index contributed by atoms with van der Waals surface area (Å²) in [7, 11) is 5.39. The van der Waals surface area contributed by atoms with E-state index in [2.05, 4.69) is 66.3 Å². The molecule has 0 aliphatic carbocycles. The van der Waals surface area contributed by atoms with Crippen LogP contribution in [0.4, 0.5) is 0 Å². The molecule has 0 bridgehead atoms. The van der Waals surface area contributed by atoms with Gasteiger partial charge in [-0.1, -0.05) is 30.3 Å². The van der Waals surface area contributed by atoms with Crippen LogP contribution < -0.4 is 26.4 Å². The van der Waals surface area contributed by atoms with Gasteiger partial charge in [0, 0.05) is 17.0 Å². The van der Waals surface area contributed by atoms with Crippen molar-refractivity contribution in [2.45, 2.75) is 0 Å². The van der Waals surface area contributed by atoms with Gasteiger partial charge in [0.25, 0.3) is 0 Å². The lowest BCUT2D eigenvalue weighted by atomic mass is 10.0. The average molecular weight is 366 g/mol. The van der Waals surface area contributed by atoms with Gasteiger partial charge in [0.1, 0.15) is 7.05 Å². The molecule has 1 heterocycles. The van der Waals surface area contributed by atoms with Crippen molar-refractivity contribution >= 4 is 21.5 Å². The van der Waals surface area contributed by atoms with Gasteiger partial charge >= 0.3 is 0 Å². The van der Waals surface area contributed by atoms with E-state index in [-0.39, 0.29) is 12.4 Å². The number of aryl methyl sites for hydroxylation is 1. The summed E-state index contributed by atoms with van der Waals surface area (Å²) >= 11 is 0. The summed E-state index contributed by atoms with van der Waals surface area (Å²) in [5.74, 6) is 1.49. The number of ether oxygens (including phenoxy) is 2. The molecule has 26 heavy (non-hydrogen) atoms. The molecule has 1 aromatic heterocycles. The first-order valence-electron chi connectivity index (χ1n) is 8.24. The van der Waals surface area contributed by atoms with Crippen molar-refractivity contribution in [1.82, 2.24) is 0 Å². The second kappa shape index (κ2) is 7.22. The van der Waals surface area contributed by atoms with E-state index in [1.807, 2.05) is 12.1 Å². The maximum atomic E-state index is 5.45. The number of hydrogen-bond donors (Lipinski definition) is 0. The predicted molar refractivity (Wildman–Crippen MR) is 101 cm³/mol. The Morgan fingerprint density at radius 3 is 2.04 bits per heavy atom. The minimum atomic E-state index is 0. The monoisotopic (exact) mass is 365 g/mol. The number of pyridine rings is 1. The number of fused-ring (bicyclic) bond motifs is 2. The Morgan fingerprint density at radius 2 is 1.35 bits per heavy atom. The van der Waals surface area contributed by atoms with Crippen molar-refractivity contribution in [3.05, 3.63) is 66.9 Å². The molecule has 0 N–H and O–H groups in total. The van der Waals surface area contributed by atoms with Gasteiger partial charge in [-0.15, -0.1) is 0 Å². The summed E-state index contributed by atoms with van der Waals surface area (Å²) < 4.78 is 13.0. The van der Waals surface area contributed by atoms with Gasteiger partial charge in [-0.2, -0.15) is 0 Å². The van der Waals surface area contributed by atoms with Gasteiger partial charge in [0.05, 0.1) is 14.2 Å². The third-order valence-corrected chi connectivity index (χ3v) is 4.64. The highest BCUT2D eigenvalue weighted by molar-refractivity contribution is 5.90. The third-order valence-electron chi connectivity index (χ3n) is 4.64. The summed E-state index contributed by atoms with van der Waals surface area (Å²) in [6, 6.07) is 21.2. The van der Waals surface area contributed by atoms with E-state index in [0.717, 1.165) is 28.0 Å². The molecule has 3 nitrogen and oxygen atoms in total. The fraction of sp³-hybridized carbons (Fsp3) is 0.136. The van der Waals surface area contributed by atoms with E-state index >= 15 is 0 Å². The van der Waals surface area contributed by atoms with Crippen molar-refractivity contribution in [3.63, 3.8) is 0 Å². The fourth-order valence-electron chi connectivity index (χ4n) is 3.31. The molecule has 0 atom stereocenters. The molecule has 3 aromatic carbocycles. The normalized spacial score (nSPS) is 10.6. The molecule has 4 rings (SSSR count). The molecule has 0 unspecified atom stereocenters. The SMILES string of the molecule is COc1cc2cc(-c3ccc4ccccc4c3)[n+](C)cc2cc1OC.[Cl-]. The van der Waals surface area contributed by atoms with Crippen LogP contribution in [0.5, 0.6) is 11.5 Å². The zero-order valence-corrected chi connectivity index (χ0v) is 15.7. The summed E-state index contributed by atoms with van der Waals surface area (Å²) in [5.41, 5.74) is 2.35. The van der Waals surface area contributed by atoms with Gasteiger partial charge in [0.2, 0.25) is 5.69 Å². The summed E-state index contributed by atoms with van der Waals surface area (Å²) in [6.07, 6.45) is 2.13. The van der Waals surface area contributed by atoms with Crippen LogP contribution in [-0.2, 0) is 7.05 Å². The summed E-state index contributed by atoms with van der Waals surface area (Å²) in [5, 5.41) is 4.73. The van der Waals surface area contributed by atoms with E-state index in [1.54, 1.807) is 14.2 Å². The predicted octanol–water partition coefficient (Wildman–Crippen LogP) is 1.51. The maximum Gasteiger partial charge on any atom is 0.212 e. The first-order chi connectivity index (χ1) is 12.2. The molecular weight excluding hydrogens is 346 g/mol. The van der Waals surface area contributed by atoms with Crippen molar-refractivity contribution in [2.24, 2.45) is 7.05 Å². The molecule has 4 heteroatoms. The van der Waals surface area contributed by atoms with Crippen LogP contribution in [-0.4, -0.2) is 14.2 Å². The van der Waals surface area contributed by atoms with Crippen molar-refractivity contribution < 1.29 is 26.4 Å². The first-order valence-corrected chi connectivity index (χ1v) is 8.24. The van der Waals surface area contributed by atoms with E-state index in [0.29, 0.717) is 0 Å². The second-order valence-corrected chi connectivity index (χ2v) is 6.17. The second-order valence-electron chi connectivity index (χ2n) is 6.17. The molecule has 0 spiro atoms. The zero-order chi connectivity index (χ0) is 17.4. The molecule has 132 valence electrons. The maximum absolute atomic E-state index is 5.45. The van der Waals surface area contributed by atoms with E-state index in [4.69, 9.17) is 9.47 Å². The first kappa shape index (κ1) is 18.0. The molecule has 0 radical (unpaired) electrons. The van der Waals surface area contributed by atoms with Crippen LogP contribution in [0.3, 0.4) is 0 Å². The molecule has 0 aliphatic rings. The van der Waals surface area contributed by atoms with Gasteiger partial charge in [-0.3, -0.25) is 0 Å². The number of halogens is 1. The Kier molecular flexibility index (Phi) is 5.01.